The van der Waals surface area contributed by atoms with Crippen molar-refractivity contribution in [3.63, 3.8) is 0 Å². The SMILES string of the molecule is CC(Oc1c(Cl)cccc1[N+](=O)[O-])C(=O)c1ccc(Cl)s1. The van der Waals surface area contributed by atoms with Crippen molar-refractivity contribution in [2.45, 2.75) is 13.0 Å². The van der Waals surface area contributed by atoms with E-state index in [9.17, 15) is 14.9 Å². The molecular weight excluding hydrogens is 337 g/mol. The molecule has 0 radical (unpaired) electrons. The van der Waals surface area contributed by atoms with Crippen molar-refractivity contribution >= 4 is 46.0 Å². The van der Waals surface area contributed by atoms with Crippen molar-refractivity contribution in [2.75, 3.05) is 0 Å². The van der Waals surface area contributed by atoms with Crippen LogP contribution in [0.2, 0.25) is 9.36 Å². The standard InChI is InChI=1S/C13H9Cl2NO4S/c1-7(12(17)10-5-6-11(15)21-10)20-13-8(14)3-2-4-9(13)16(18)19/h2-7H,1H3. The van der Waals surface area contributed by atoms with Crippen LogP contribution in [-0.2, 0) is 0 Å². The van der Waals surface area contributed by atoms with E-state index in [0.717, 1.165) is 11.3 Å². The summed E-state index contributed by atoms with van der Waals surface area (Å²) < 4.78 is 5.88. The normalized spacial score (nSPS) is 12.0. The Morgan fingerprint density at radius 3 is 2.62 bits per heavy atom. The van der Waals surface area contributed by atoms with Gasteiger partial charge >= 0.3 is 5.69 Å². The Hall–Kier alpha value is -1.63. The van der Waals surface area contributed by atoms with Gasteiger partial charge < -0.3 is 4.74 Å². The quantitative estimate of drug-likeness (QED) is 0.450. The van der Waals surface area contributed by atoms with E-state index in [1.165, 1.54) is 25.1 Å². The maximum atomic E-state index is 12.2. The molecule has 8 heteroatoms. The zero-order valence-electron chi connectivity index (χ0n) is 10.7. The molecule has 2 rings (SSSR count). The fraction of sp³-hybridized carbons (Fsp3) is 0.154. The summed E-state index contributed by atoms with van der Waals surface area (Å²) in [6.45, 7) is 1.50. The number of rotatable bonds is 5. The van der Waals surface area contributed by atoms with E-state index in [0.29, 0.717) is 9.21 Å². The van der Waals surface area contributed by atoms with Gasteiger partial charge in [0.1, 0.15) is 0 Å². The van der Waals surface area contributed by atoms with Gasteiger partial charge in [0.15, 0.2) is 6.10 Å². The zero-order chi connectivity index (χ0) is 15.6. The molecule has 1 atom stereocenters. The molecule has 1 aromatic heterocycles. The molecule has 0 bridgehead atoms. The Morgan fingerprint density at radius 2 is 2.05 bits per heavy atom. The Bertz CT molecular complexity index is 701. The van der Waals surface area contributed by atoms with E-state index in [4.69, 9.17) is 27.9 Å². The predicted octanol–water partition coefficient (Wildman–Crippen LogP) is 4.61. The fourth-order valence-electron chi connectivity index (χ4n) is 1.64. The highest BCUT2D eigenvalue weighted by molar-refractivity contribution is 7.18. The van der Waals surface area contributed by atoms with E-state index < -0.39 is 11.0 Å². The maximum Gasteiger partial charge on any atom is 0.312 e. The molecule has 0 saturated carbocycles. The van der Waals surface area contributed by atoms with Crippen LogP contribution in [0.25, 0.3) is 0 Å². The lowest BCUT2D eigenvalue weighted by Gasteiger charge is -2.13. The predicted molar refractivity (Wildman–Crippen MR) is 81.9 cm³/mol. The summed E-state index contributed by atoms with van der Waals surface area (Å²) in [4.78, 5) is 22.9. The van der Waals surface area contributed by atoms with Crippen molar-refractivity contribution in [2.24, 2.45) is 0 Å². The number of Topliss-reactive ketones (excluding diaryl/α,β-unsaturated/α-hetero) is 1. The number of halogens is 2. The number of ether oxygens (including phenoxy) is 1. The minimum Gasteiger partial charge on any atom is -0.474 e. The molecule has 0 N–H and O–H groups in total. The van der Waals surface area contributed by atoms with E-state index in [1.807, 2.05) is 0 Å². The molecule has 5 nitrogen and oxygen atoms in total. The second-order valence-electron chi connectivity index (χ2n) is 4.07. The lowest BCUT2D eigenvalue weighted by Crippen LogP contribution is -2.23. The van der Waals surface area contributed by atoms with Gasteiger partial charge in [0.05, 0.1) is 19.2 Å². The molecule has 1 unspecified atom stereocenters. The van der Waals surface area contributed by atoms with Gasteiger partial charge in [-0.1, -0.05) is 29.3 Å². The Labute approximate surface area is 134 Å². The number of carbonyl (C=O) groups is 1. The number of nitrogens with zero attached hydrogens (tertiary/aromatic N) is 1. The third kappa shape index (κ3) is 3.53. The van der Waals surface area contributed by atoms with Crippen LogP contribution in [0.5, 0.6) is 5.75 Å². The third-order valence-electron chi connectivity index (χ3n) is 2.62. The van der Waals surface area contributed by atoms with Crippen LogP contribution in [0.1, 0.15) is 16.6 Å². The Kier molecular flexibility index (Phi) is 4.82. The van der Waals surface area contributed by atoms with Crippen LogP contribution in [-0.4, -0.2) is 16.8 Å². The van der Waals surface area contributed by atoms with Crippen LogP contribution in [0, 0.1) is 10.1 Å². The Balaban J connectivity index is 2.26. The molecule has 1 aromatic carbocycles. The molecule has 0 aliphatic carbocycles. The number of para-hydroxylation sites is 1. The summed E-state index contributed by atoms with van der Waals surface area (Å²) in [5, 5.41) is 11.0. The van der Waals surface area contributed by atoms with Crippen LogP contribution in [0.3, 0.4) is 0 Å². The highest BCUT2D eigenvalue weighted by Gasteiger charge is 2.25. The first kappa shape index (κ1) is 15.8. The first-order chi connectivity index (χ1) is 9.90. The van der Waals surface area contributed by atoms with Gasteiger partial charge in [0, 0.05) is 6.07 Å². The van der Waals surface area contributed by atoms with E-state index in [-0.39, 0.29) is 22.2 Å². The van der Waals surface area contributed by atoms with Gasteiger partial charge in [-0.05, 0) is 25.1 Å². The van der Waals surface area contributed by atoms with E-state index in [2.05, 4.69) is 0 Å². The molecule has 0 saturated heterocycles. The minimum absolute atomic E-state index is 0.0769. The molecule has 0 spiro atoms. The monoisotopic (exact) mass is 345 g/mol. The highest BCUT2D eigenvalue weighted by atomic mass is 35.5. The lowest BCUT2D eigenvalue weighted by molar-refractivity contribution is -0.386. The number of thiophene rings is 1. The smallest absolute Gasteiger partial charge is 0.312 e. The molecule has 1 heterocycles. The summed E-state index contributed by atoms with van der Waals surface area (Å²) in [5.74, 6) is -0.436. The van der Waals surface area contributed by atoms with Crippen molar-refractivity contribution in [1.82, 2.24) is 0 Å². The van der Waals surface area contributed by atoms with Crippen LogP contribution >= 0.6 is 34.5 Å². The Morgan fingerprint density at radius 1 is 1.33 bits per heavy atom. The third-order valence-corrected chi connectivity index (χ3v) is 4.17. The van der Waals surface area contributed by atoms with Gasteiger partial charge in [-0.25, -0.2) is 0 Å². The van der Waals surface area contributed by atoms with Crippen molar-refractivity contribution in [3.05, 3.63) is 54.7 Å². The average molecular weight is 346 g/mol. The zero-order valence-corrected chi connectivity index (χ0v) is 13.0. The molecule has 2 aromatic rings. The number of ketones is 1. The van der Waals surface area contributed by atoms with Gasteiger partial charge in [0.25, 0.3) is 0 Å². The number of benzene rings is 1. The number of nitro benzene ring substituents is 1. The molecular formula is C13H9Cl2NO4S. The second-order valence-corrected chi connectivity index (χ2v) is 6.20. The second kappa shape index (κ2) is 6.43. The average Bonchev–Trinajstić information content (AvgIpc) is 2.86. The minimum atomic E-state index is -0.918. The van der Waals surface area contributed by atoms with Crippen molar-refractivity contribution in [3.8, 4) is 5.75 Å². The molecule has 0 fully saturated rings. The van der Waals surface area contributed by atoms with Gasteiger partial charge in [-0.15, -0.1) is 11.3 Å². The summed E-state index contributed by atoms with van der Waals surface area (Å²) in [6.07, 6.45) is -0.918. The number of nitro groups is 1. The van der Waals surface area contributed by atoms with Crippen LogP contribution in [0.4, 0.5) is 5.69 Å². The summed E-state index contributed by atoms with van der Waals surface area (Å²) in [7, 11) is 0. The first-order valence-electron chi connectivity index (χ1n) is 5.79. The van der Waals surface area contributed by atoms with Crippen molar-refractivity contribution < 1.29 is 14.5 Å². The van der Waals surface area contributed by atoms with Crippen LogP contribution in [0.15, 0.2) is 30.3 Å². The van der Waals surface area contributed by atoms with Gasteiger partial charge in [-0.3, -0.25) is 14.9 Å². The highest BCUT2D eigenvalue weighted by Crippen LogP contribution is 2.35. The van der Waals surface area contributed by atoms with Crippen LogP contribution < -0.4 is 4.74 Å². The fourth-order valence-corrected chi connectivity index (χ4v) is 2.91. The maximum absolute atomic E-state index is 12.2. The summed E-state index contributed by atoms with van der Waals surface area (Å²) >= 11 is 12.8. The molecule has 110 valence electrons. The lowest BCUT2D eigenvalue weighted by atomic mass is 10.2. The molecule has 21 heavy (non-hydrogen) atoms. The molecule has 0 amide bonds. The van der Waals surface area contributed by atoms with E-state index >= 15 is 0 Å². The topological polar surface area (TPSA) is 69.4 Å². The van der Waals surface area contributed by atoms with E-state index in [1.54, 1.807) is 12.1 Å². The molecule has 0 aliphatic heterocycles. The summed E-state index contributed by atoms with van der Waals surface area (Å²) in [5.41, 5.74) is -0.286. The van der Waals surface area contributed by atoms with Gasteiger partial charge in [0.2, 0.25) is 11.5 Å². The molecule has 0 aliphatic rings. The van der Waals surface area contributed by atoms with Crippen molar-refractivity contribution in [1.29, 1.82) is 0 Å². The van der Waals surface area contributed by atoms with Gasteiger partial charge in [-0.2, -0.15) is 0 Å². The first-order valence-corrected chi connectivity index (χ1v) is 7.36. The number of carbonyl (C=O) groups excluding carboxylic acids is 1. The summed E-state index contributed by atoms with van der Waals surface area (Å²) in [6, 6.07) is 7.35. The number of hydrogen-bond acceptors (Lipinski definition) is 5. The largest absolute Gasteiger partial charge is 0.474 e. The number of hydrogen-bond donors (Lipinski definition) is 0.